The molecule has 0 amide bonds. The Morgan fingerprint density at radius 1 is 1.29 bits per heavy atom. The van der Waals surface area contributed by atoms with E-state index < -0.39 is 5.97 Å². The summed E-state index contributed by atoms with van der Waals surface area (Å²) in [6.45, 7) is 0. The monoisotopic (exact) mass is 305 g/mol. The second-order valence-corrected chi connectivity index (χ2v) is 6.01. The molecule has 5 heteroatoms. The lowest BCUT2D eigenvalue weighted by Crippen LogP contribution is -2.52. The Balaban J connectivity index is 1.77. The summed E-state index contributed by atoms with van der Waals surface area (Å²) in [5.41, 5.74) is 0.761. The van der Waals surface area contributed by atoms with E-state index in [4.69, 9.17) is 16.3 Å². The van der Waals surface area contributed by atoms with Crippen LogP contribution in [0.3, 0.4) is 0 Å². The number of alkyl halides is 1. The summed E-state index contributed by atoms with van der Waals surface area (Å²) in [5.74, 6) is -0.680. The molecule has 1 saturated heterocycles. The molecule has 1 aliphatic heterocycles. The fourth-order valence-electron chi connectivity index (χ4n) is 2.76. The molecule has 1 heterocycles. The number of hydrogen-bond donors (Lipinski definition) is 1. The third-order valence-corrected chi connectivity index (χ3v) is 4.27. The minimum atomic E-state index is -0.464. The fraction of sp³-hybridized carbons (Fsp3) is 0.375. The third kappa shape index (κ3) is 3.10. The maximum atomic E-state index is 12.1. The molecule has 3 atom stereocenters. The van der Waals surface area contributed by atoms with E-state index in [1.165, 1.54) is 6.08 Å². The first-order valence-corrected chi connectivity index (χ1v) is 7.50. The molecule has 2 aliphatic rings. The largest absolute Gasteiger partial charge is 0.456 e. The smallest absolute Gasteiger partial charge is 0.354 e. The van der Waals surface area contributed by atoms with Crippen LogP contribution < -0.4 is 5.32 Å². The predicted molar refractivity (Wildman–Crippen MR) is 79.2 cm³/mol. The quantitative estimate of drug-likeness (QED) is 0.395. The summed E-state index contributed by atoms with van der Waals surface area (Å²) in [6, 6.07) is 8.83. The van der Waals surface area contributed by atoms with Crippen molar-refractivity contribution in [3.8, 4) is 0 Å². The Morgan fingerprint density at radius 3 is 2.81 bits per heavy atom. The van der Waals surface area contributed by atoms with Gasteiger partial charge < -0.3 is 10.1 Å². The first kappa shape index (κ1) is 14.1. The van der Waals surface area contributed by atoms with Crippen LogP contribution in [0.1, 0.15) is 29.6 Å². The molecular formula is C16H16ClNO3. The number of carbonyl (C=O) groups excluding carboxylic acids is 2. The number of fused-ring (bicyclic) bond motifs is 1. The summed E-state index contributed by atoms with van der Waals surface area (Å²) >= 11 is 6.16. The Bertz CT molecular complexity index is 584. The van der Waals surface area contributed by atoms with Crippen LogP contribution in [0.5, 0.6) is 0 Å². The fourth-order valence-corrected chi connectivity index (χ4v) is 3.08. The number of carbonyl (C=O) groups is 2. The zero-order valence-corrected chi connectivity index (χ0v) is 12.2. The normalized spacial score (nSPS) is 30.2. The van der Waals surface area contributed by atoms with Gasteiger partial charge in [0, 0.05) is 17.0 Å². The number of rotatable bonds is 2. The van der Waals surface area contributed by atoms with Crippen LogP contribution in [0.4, 0.5) is 0 Å². The molecule has 1 aromatic rings. The van der Waals surface area contributed by atoms with Gasteiger partial charge in [0.2, 0.25) is 0 Å². The highest BCUT2D eigenvalue weighted by Crippen LogP contribution is 2.29. The van der Waals surface area contributed by atoms with Crippen molar-refractivity contribution in [2.75, 3.05) is 0 Å². The van der Waals surface area contributed by atoms with E-state index in [1.807, 2.05) is 6.07 Å². The van der Waals surface area contributed by atoms with Crippen molar-refractivity contribution in [1.29, 1.82) is 0 Å². The number of morpholine rings is 1. The minimum absolute atomic E-state index is 0.00577. The molecule has 0 aromatic heterocycles. The molecule has 4 nitrogen and oxygen atoms in total. The molecular weight excluding hydrogens is 290 g/mol. The van der Waals surface area contributed by atoms with Crippen molar-refractivity contribution in [1.82, 2.24) is 5.32 Å². The zero-order valence-electron chi connectivity index (χ0n) is 11.4. The van der Waals surface area contributed by atoms with Gasteiger partial charge in [0.05, 0.1) is 6.04 Å². The Hall–Kier alpha value is -1.81. The van der Waals surface area contributed by atoms with E-state index >= 15 is 0 Å². The number of hydrogen-bond acceptors (Lipinski definition) is 4. The molecule has 1 aromatic carbocycles. The maximum absolute atomic E-state index is 12.1. The van der Waals surface area contributed by atoms with Crippen molar-refractivity contribution in [3.05, 3.63) is 47.7 Å². The third-order valence-electron chi connectivity index (χ3n) is 3.88. The number of ether oxygens (including phenoxy) is 1. The number of nitrogens with one attached hydrogen (secondary N) is 1. The maximum Gasteiger partial charge on any atom is 0.354 e. The van der Waals surface area contributed by atoms with Crippen LogP contribution >= 0.6 is 11.6 Å². The van der Waals surface area contributed by atoms with Gasteiger partial charge in [-0.2, -0.15) is 0 Å². The predicted octanol–water partition coefficient (Wildman–Crippen LogP) is 2.43. The molecule has 3 rings (SSSR count). The van der Waals surface area contributed by atoms with Gasteiger partial charge in [0.1, 0.15) is 11.8 Å². The molecule has 0 radical (unpaired) electrons. The van der Waals surface area contributed by atoms with Crippen molar-refractivity contribution < 1.29 is 14.3 Å². The van der Waals surface area contributed by atoms with Gasteiger partial charge in [-0.25, -0.2) is 4.79 Å². The van der Waals surface area contributed by atoms with Gasteiger partial charge in [-0.1, -0.05) is 30.3 Å². The SMILES string of the molecule is O=C1OC2CCC(Cl)CC2N/C1=C\C(=O)c1ccccc1. The van der Waals surface area contributed by atoms with Crippen LogP contribution in [-0.2, 0) is 9.53 Å². The number of benzene rings is 1. The average Bonchev–Trinajstić information content (AvgIpc) is 2.49. The minimum Gasteiger partial charge on any atom is -0.456 e. The number of esters is 1. The highest BCUT2D eigenvalue weighted by Gasteiger charge is 2.38. The van der Waals surface area contributed by atoms with Gasteiger partial charge in [-0.05, 0) is 19.3 Å². The Morgan fingerprint density at radius 2 is 2.05 bits per heavy atom. The van der Waals surface area contributed by atoms with Crippen LogP contribution in [0.25, 0.3) is 0 Å². The molecule has 1 aliphatic carbocycles. The standard InChI is InChI=1S/C16H16ClNO3/c17-11-6-7-15-12(8-11)18-13(16(20)21-15)9-14(19)10-4-2-1-3-5-10/h1-5,9,11-12,15,18H,6-8H2/b13-9-. The number of ketones is 1. The molecule has 3 unspecified atom stereocenters. The Labute approximate surface area is 128 Å². The van der Waals surface area contributed by atoms with Crippen LogP contribution in [-0.4, -0.2) is 29.3 Å². The molecule has 0 spiro atoms. The van der Waals surface area contributed by atoms with E-state index in [-0.39, 0.29) is 29.0 Å². The highest BCUT2D eigenvalue weighted by molar-refractivity contribution is 6.20. The van der Waals surface area contributed by atoms with E-state index in [0.29, 0.717) is 5.56 Å². The first-order valence-electron chi connectivity index (χ1n) is 7.06. The summed E-state index contributed by atoms with van der Waals surface area (Å²) in [5, 5.41) is 3.20. The van der Waals surface area contributed by atoms with E-state index in [9.17, 15) is 9.59 Å². The van der Waals surface area contributed by atoms with Crippen LogP contribution in [0, 0.1) is 0 Å². The van der Waals surface area contributed by atoms with Crippen LogP contribution in [0.15, 0.2) is 42.1 Å². The van der Waals surface area contributed by atoms with Gasteiger partial charge in [0.25, 0.3) is 0 Å². The molecule has 2 fully saturated rings. The van der Waals surface area contributed by atoms with Crippen molar-refractivity contribution >= 4 is 23.4 Å². The lowest BCUT2D eigenvalue weighted by atomic mass is 9.90. The van der Waals surface area contributed by atoms with Gasteiger partial charge >= 0.3 is 5.97 Å². The van der Waals surface area contributed by atoms with Crippen molar-refractivity contribution in [3.63, 3.8) is 0 Å². The van der Waals surface area contributed by atoms with Gasteiger partial charge in [0.15, 0.2) is 5.78 Å². The molecule has 0 bridgehead atoms. The Kier molecular flexibility index (Phi) is 3.97. The highest BCUT2D eigenvalue weighted by atomic mass is 35.5. The molecule has 1 saturated carbocycles. The number of halogens is 1. The lowest BCUT2D eigenvalue weighted by molar-refractivity contribution is -0.151. The van der Waals surface area contributed by atoms with Crippen molar-refractivity contribution in [2.24, 2.45) is 0 Å². The molecule has 110 valence electrons. The summed E-state index contributed by atoms with van der Waals surface area (Å²) < 4.78 is 5.41. The number of allylic oxidation sites excluding steroid dienone is 1. The van der Waals surface area contributed by atoms with Gasteiger partial charge in [-0.15, -0.1) is 11.6 Å². The zero-order chi connectivity index (χ0) is 14.8. The van der Waals surface area contributed by atoms with E-state index in [1.54, 1.807) is 24.3 Å². The van der Waals surface area contributed by atoms with E-state index in [2.05, 4.69) is 5.32 Å². The molecule has 21 heavy (non-hydrogen) atoms. The summed E-state index contributed by atoms with van der Waals surface area (Å²) in [6.07, 6.45) is 3.51. The average molecular weight is 306 g/mol. The molecule has 1 N–H and O–H groups in total. The van der Waals surface area contributed by atoms with Crippen molar-refractivity contribution in [2.45, 2.75) is 36.8 Å². The first-order chi connectivity index (χ1) is 10.1. The summed E-state index contributed by atoms with van der Waals surface area (Å²) in [4.78, 5) is 24.1. The topological polar surface area (TPSA) is 55.4 Å². The lowest BCUT2D eigenvalue weighted by Gasteiger charge is -2.38. The van der Waals surface area contributed by atoms with E-state index in [0.717, 1.165) is 19.3 Å². The second kappa shape index (κ2) is 5.90. The van der Waals surface area contributed by atoms with Crippen LogP contribution in [0.2, 0.25) is 0 Å². The van der Waals surface area contributed by atoms with Gasteiger partial charge in [-0.3, -0.25) is 4.79 Å². The second-order valence-electron chi connectivity index (χ2n) is 5.39. The summed E-state index contributed by atoms with van der Waals surface area (Å²) in [7, 11) is 0.